The number of aromatic nitrogens is 2. The number of nitrogens with one attached hydrogen (secondary N) is 4. The first-order valence-corrected chi connectivity index (χ1v) is 20.7. The number of carboxylic acid groups (broad SMARTS) is 1. The van der Waals surface area contributed by atoms with Crippen LogP contribution in [0.2, 0.25) is 0 Å². The number of carbonyl (C=O) groups is 8. The fourth-order valence-corrected chi connectivity index (χ4v) is 7.46. The molecule has 2 aliphatic heterocycles. The van der Waals surface area contributed by atoms with Crippen LogP contribution in [-0.2, 0) is 46.5 Å². The summed E-state index contributed by atoms with van der Waals surface area (Å²) in [6.07, 6.45) is 3.12. The maximum atomic E-state index is 14.6. The van der Waals surface area contributed by atoms with Gasteiger partial charge in [0.1, 0.15) is 29.9 Å². The molecule has 6 atom stereocenters. The highest BCUT2D eigenvalue weighted by atomic mass is 16.6. The molecule has 2 aromatic carbocycles. The Morgan fingerprint density at radius 1 is 0.839 bits per heavy atom. The van der Waals surface area contributed by atoms with Gasteiger partial charge in [0.2, 0.25) is 23.5 Å². The number of fused-ring (bicyclic) bond motifs is 1. The van der Waals surface area contributed by atoms with Crippen molar-refractivity contribution in [3.8, 4) is 0 Å². The maximum Gasteiger partial charge on any atom is 0.410 e. The summed E-state index contributed by atoms with van der Waals surface area (Å²) < 4.78 is 5.93. The molecule has 18 heteroatoms. The maximum absolute atomic E-state index is 14.6. The number of hydrogen-bond acceptors (Lipinski definition) is 11. The summed E-state index contributed by atoms with van der Waals surface area (Å²) in [5, 5.41) is 20.1. The van der Waals surface area contributed by atoms with Gasteiger partial charge in [-0.2, -0.15) is 0 Å². The van der Waals surface area contributed by atoms with Crippen molar-refractivity contribution in [3.05, 3.63) is 95.6 Å². The number of Topliss-reactive ketones (excluding diaryl/α,β-unsaturated/α-hetero) is 1. The van der Waals surface area contributed by atoms with Crippen LogP contribution >= 0.6 is 0 Å². The number of benzene rings is 2. The molecule has 6 amide bonds. The van der Waals surface area contributed by atoms with Crippen molar-refractivity contribution in [3.63, 3.8) is 0 Å². The van der Waals surface area contributed by atoms with Gasteiger partial charge in [-0.05, 0) is 41.4 Å². The van der Waals surface area contributed by atoms with Crippen LogP contribution in [0.3, 0.4) is 0 Å². The van der Waals surface area contributed by atoms with E-state index in [4.69, 9.17) is 4.74 Å². The van der Waals surface area contributed by atoms with Gasteiger partial charge in [0.15, 0.2) is 6.04 Å². The summed E-state index contributed by atoms with van der Waals surface area (Å²) >= 11 is 0. The molecule has 0 radical (unpaired) electrons. The SMILES string of the molecule is CCCC(NC(=O)[C@@H]1C[C@@H](OC(=O)N2CCc3ccccc3C2)CN1C(=O)[C@H](NC(=O)[C@H](NC(=O)c1cnccn1)C(C)C)C(C)C)C(=O)C(=O)NC(C(=O)O)c1ccccc1. The van der Waals surface area contributed by atoms with E-state index in [1.165, 1.54) is 40.5 Å². The number of hydrogen-bond donors (Lipinski definition) is 5. The number of nitrogens with zero attached hydrogens (tertiary/aromatic N) is 4. The number of rotatable bonds is 17. The van der Waals surface area contributed by atoms with E-state index in [2.05, 4.69) is 31.2 Å². The molecule has 5 N–H and O–H groups in total. The Kier molecular flexibility index (Phi) is 15.8. The van der Waals surface area contributed by atoms with Gasteiger partial charge in [0.25, 0.3) is 11.8 Å². The molecular formula is C44H54N8O10. The predicted octanol–water partition coefficient (Wildman–Crippen LogP) is 2.33. The van der Waals surface area contributed by atoms with E-state index in [0.717, 1.165) is 11.1 Å². The van der Waals surface area contributed by atoms with Crippen LogP contribution in [0.15, 0.2) is 73.2 Å². The Labute approximate surface area is 359 Å². The highest BCUT2D eigenvalue weighted by molar-refractivity contribution is 6.38. The molecule has 3 heterocycles. The fraction of sp³-hybridized carbons (Fsp3) is 0.455. The summed E-state index contributed by atoms with van der Waals surface area (Å²) in [5.74, 6) is -7.55. The monoisotopic (exact) mass is 854 g/mol. The second kappa shape index (κ2) is 21.2. The average molecular weight is 855 g/mol. The number of likely N-dealkylation sites (tertiary alicyclic amines) is 1. The number of aliphatic carboxylic acids is 1. The number of amides is 6. The van der Waals surface area contributed by atoms with Crippen LogP contribution < -0.4 is 21.3 Å². The van der Waals surface area contributed by atoms with Crippen molar-refractivity contribution in [2.24, 2.45) is 11.8 Å². The molecule has 0 aliphatic carbocycles. The minimum atomic E-state index is -1.55. The third-order valence-electron chi connectivity index (χ3n) is 10.9. The molecule has 1 saturated heterocycles. The summed E-state index contributed by atoms with van der Waals surface area (Å²) in [4.78, 5) is 119. The molecule has 330 valence electrons. The van der Waals surface area contributed by atoms with Crippen LogP contribution in [0.4, 0.5) is 4.79 Å². The predicted molar refractivity (Wildman–Crippen MR) is 223 cm³/mol. The van der Waals surface area contributed by atoms with E-state index in [1.54, 1.807) is 52.8 Å². The third kappa shape index (κ3) is 11.6. The standard InChI is InChI=1S/C44H54N8O10/c1-6-12-31(37(53)41(57)50-36(43(59)60)28-14-8-7-9-15-28)47-39(55)33-21-30(62-44(61)51-20-17-27-13-10-11-16-29(27)23-51)24-52(33)42(58)35(26(4)5)49-40(56)34(25(2)3)48-38(54)32-22-45-18-19-46-32/h7-11,13-16,18-19,22,25-26,30-31,33-36H,6,12,17,20-21,23-24H2,1-5H3,(H,47,55)(H,48,54)(H,49,56)(H,50,57)(H,59,60)/t30-,31?,33+,34-,35-,36?/m1/s1. The van der Waals surface area contributed by atoms with Crippen LogP contribution in [0.5, 0.6) is 0 Å². The van der Waals surface area contributed by atoms with Crippen molar-refractivity contribution >= 4 is 47.4 Å². The Morgan fingerprint density at radius 3 is 2.15 bits per heavy atom. The molecule has 0 bridgehead atoms. The minimum absolute atomic E-state index is 0.00185. The highest BCUT2D eigenvalue weighted by Crippen LogP contribution is 2.26. The number of carboxylic acids is 1. The van der Waals surface area contributed by atoms with Gasteiger partial charge in [0.05, 0.1) is 18.8 Å². The lowest BCUT2D eigenvalue weighted by Crippen LogP contribution is -2.60. The first-order chi connectivity index (χ1) is 29.6. The lowest BCUT2D eigenvalue weighted by Gasteiger charge is -2.32. The van der Waals surface area contributed by atoms with Crippen molar-refractivity contribution in [1.29, 1.82) is 0 Å². The van der Waals surface area contributed by atoms with Gasteiger partial charge in [0, 0.05) is 31.9 Å². The Hall–Kier alpha value is -6.72. The Balaban J connectivity index is 1.37. The van der Waals surface area contributed by atoms with E-state index >= 15 is 0 Å². The molecule has 18 nitrogen and oxygen atoms in total. The summed E-state index contributed by atoms with van der Waals surface area (Å²) in [6.45, 7) is 8.98. The first kappa shape index (κ1) is 46.3. The minimum Gasteiger partial charge on any atom is -0.479 e. The average Bonchev–Trinajstić information content (AvgIpc) is 3.69. The topological polar surface area (TPSA) is 246 Å². The molecule has 1 aromatic heterocycles. The zero-order chi connectivity index (χ0) is 45.1. The van der Waals surface area contributed by atoms with Gasteiger partial charge >= 0.3 is 12.1 Å². The number of ether oxygens (including phenoxy) is 1. The van der Waals surface area contributed by atoms with Crippen LogP contribution in [0, 0.1) is 11.8 Å². The zero-order valence-electron chi connectivity index (χ0n) is 35.4. The molecule has 0 spiro atoms. The van der Waals surface area contributed by atoms with E-state index in [0.29, 0.717) is 25.9 Å². The molecule has 2 unspecified atom stereocenters. The van der Waals surface area contributed by atoms with Crippen molar-refractivity contribution < 1.29 is 48.2 Å². The van der Waals surface area contributed by atoms with Gasteiger partial charge in [-0.1, -0.05) is 95.6 Å². The van der Waals surface area contributed by atoms with Crippen LogP contribution in [0.25, 0.3) is 0 Å². The third-order valence-corrected chi connectivity index (χ3v) is 10.9. The fourth-order valence-electron chi connectivity index (χ4n) is 7.46. The summed E-state index contributed by atoms with van der Waals surface area (Å²) in [5.41, 5.74) is 2.29. The molecule has 1 fully saturated rings. The zero-order valence-corrected chi connectivity index (χ0v) is 35.4. The summed E-state index contributed by atoms with van der Waals surface area (Å²) in [7, 11) is 0. The quantitative estimate of drug-likeness (QED) is 0.123. The van der Waals surface area contributed by atoms with E-state index < -0.39 is 95.5 Å². The lowest BCUT2D eigenvalue weighted by atomic mass is 9.98. The van der Waals surface area contributed by atoms with Gasteiger partial charge in [-0.3, -0.25) is 33.8 Å². The highest BCUT2D eigenvalue weighted by Gasteiger charge is 2.46. The molecular weight excluding hydrogens is 801 g/mol. The molecule has 3 aromatic rings. The van der Waals surface area contributed by atoms with Gasteiger partial charge in [-0.25, -0.2) is 14.6 Å². The second-order valence-electron chi connectivity index (χ2n) is 16.1. The first-order valence-electron chi connectivity index (χ1n) is 20.7. The largest absolute Gasteiger partial charge is 0.479 e. The summed E-state index contributed by atoms with van der Waals surface area (Å²) in [6, 6.07) is 8.92. The second-order valence-corrected chi connectivity index (χ2v) is 16.1. The van der Waals surface area contributed by atoms with E-state index in [1.807, 2.05) is 24.3 Å². The van der Waals surface area contributed by atoms with Gasteiger partial charge in [-0.15, -0.1) is 0 Å². The number of ketones is 1. The van der Waals surface area contributed by atoms with Crippen molar-refractivity contribution in [2.75, 3.05) is 13.1 Å². The normalized spacial score (nSPS) is 17.8. The Morgan fingerprint density at radius 2 is 1.52 bits per heavy atom. The van der Waals surface area contributed by atoms with Gasteiger partial charge < -0.3 is 40.9 Å². The van der Waals surface area contributed by atoms with Crippen LogP contribution in [0.1, 0.15) is 87.1 Å². The smallest absolute Gasteiger partial charge is 0.410 e. The lowest BCUT2D eigenvalue weighted by molar-refractivity contribution is -0.146. The van der Waals surface area contributed by atoms with E-state index in [9.17, 15) is 43.5 Å². The van der Waals surface area contributed by atoms with Crippen molar-refractivity contribution in [1.82, 2.24) is 41.0 Å². The van der Waals surface area contributed by atoms with E-state index in [-0.39, 0.29) is 30.6 Å². The number of carbonyl (C=O) groups excluding carboxylic acids is 7. The van der Waals surface area contributed by atoms with Crippen LogP contribution in [-0.4, -0.2) is 116 Å². The molecule has 5 rings (SSSR count). The molecule has 2 aliphatic rings. The molecule has 0 saturated carbocycles. The Bertz CT molecular complexity index is 2120. The molecule has 62 heavy (non-hydrogen) atoms. The van der Waals surface area contributed by atoms with Crippen molar-refractivity contribution in [2.45, 2.75) is 103 Å².